The fourth-order valence-electron chi connectivity index (χ4n) is 2.53. The number of rotatable bonds is 3. The molecule has 0 amide bonds. The second-order valence-corrected chi connectivity index (χ2v) is 7.57. The van der Waals surface area contributed by atoms with E-state index in [2.05, 4.69) is 0 Å². The topological polar surface area (TPSA) is 43.4 Å². The molecule has 0 aromatic carbocycles. The lowest BCUT2D eigenvalue weighted by molar-refractivity contribution is 0.183. The SMILES string of the molecule is O=S1(=O)CCC(COC=C2CCCCC2)CC1. The van der Waals surface area contributed by atoms with Crippen LogP contribution in [0.1, 0.15) is 44.9 Å². The molecule has 17 heavy (non-hydrogen) atoms. The molecule has 0 aromatic heterocycles. The molecule has 0 bridgehead atoms. The van der Waals surface area contributed by atoms with Crippen LogP contribution in [0.4, 0.5) is 0 Å². The van der Waals surface area contributed by atoms with Crippen LogP contribution in [-0.4, -0.2) is 26.5 Å². The van der Waals surface area contributed by atoms with Crippen LogP contribution >= 0.6 is 0 Å². The maximum atomic E-state index is 11.3. The van der Waals surface area contributed by atoms with Crippen LogP contribution in [0.2, 0.25) is 0 Å². The quantitative estimate of drug-likeness (QED) is 0.731. The van der Waals surface area contributed by atoms with Gasteiger partial charge in [0.2, 0.25) is 0 Å². The minimum atomic E-state index is -2.73. The Labute approximate surface area is 104 Å². The van der Waals surface area contributed by atoms with E-state index in [9.17, 15) is 8.42 Å². The van der Waals surface area contributed by atoms with Crippen molar-refractivity contribution in [3.8, 4) is 0 Å². The van der Waals surface area contributed by atoms with Crippen molar-refractivity contribution in [2.24, 2.45) is 5.92 Å². The zero-order chi connectivity index (χ0) is 12.1. The highest BCUT2D eigenvalue weighted by Crippen LogP contribution is 2.23. The van der Waals surface area contributed by atoms with Gasteiger partial charge in [-0.25, -0.2) is 8.42 Å². The van der Waals surface area contributed by atoms with Gasteiger partial charge in [-0.05, 0) is 50.0 Å². The number of hydrogen-bond donors (Lipinski definition) is 0. The third kappa shape index (κ3) is 4.34. The van der Waals surface area contributed by atoms with Crippen molar-refractivity contribution in [1.29, 1.82) is 0 Å². The largest absolute Gasteiger partial charge is 0.501 e. The fraction of sp³-hybridized carbons (Fsp3) is 0.846. The summed E-state index contributed by atoms with van der Waals surface area (Å²) in [6, 6.07) is 0. The molecule has 3 nitrogen and oxygen atoms in total. The van der Waals surface area contributed by atoms with Gasteiger partial charge in [-0.1, -0.05) is 6.42 Å². The monoisotopic (exact) mass is 258 g/mol. The average molecular weight is 258 g/mol. The molecule has 2 fully saturated rings. The predicted molar refractivity (Wildman–Crippen MR) is 68.5 cm³/mol. The van der Waals surface area contributed by atoms with Gasteiger partial charge in [-0.3, -0.25) is 0 Å². The molecule has 1 heterocycles. The maximum absolute atomic E-state index is 11.3. The molecule has 0 atom stereocenters. The van der Waals surface area contributed by atoms with Gasteiger partial charge in [0, 0.05) is 0 Å². The Bertz CT molecular complexity index is 348. The molecule has 2 rings (SSSR count). The lowest BCUT2D eigenvalue weighted by Gasteiger charge is -2.21. The lowest BCUT2D eigenvalue weighted by atomic mass is 9.96. The van der Waals surface area contributed by atoms with Crippen molar-refractivity contribution in [1.82, 2.24) is 0 Å². The van der Waals surface area contributed by atoms with Crippen LogP contribution < -0.4 is 0 Å². The van der Waals surface area contributed by atoms with Gasteiger partial charge in [0.1, 0.15) is 9.84 Å². The van der Waals surface area contributed by atoms with Crippen LogP contribution in [0.3, 0.4) is 0 Å². The molecule has 1 aliphatic heterocycles. The summed E-state index contributed by atoms with van der Waals surface area (Å²) in [5.74, 6) is 1.12. The molecule has 0 unspecified atom stereocenters. The molecule has 98 valence electrons. The van der Waals surface area contributed by atoms with Gasteiger partial charge in [-0.2, -0.15) is 0 Å². The van der Waals surface area contributed by atoms with Crippen LogP contribution in [0.5, 0.6) is 0 Å². The zero-order valence-corrected chi connectivity index (χ0v) is 11.2. The van der Waals surface area contributed by atoms with Crippen molar-refractivity contribution in [2.45, 2.75) is 44.9 Å². The average Bonchev–Trinajstić information content (AvgIpc) is 2.33. The molecule has 2 aliphatic rings. The lowest BCUT2D eigenvalue weighted by Crippen LogP contribution is -2.25. The number of sulfone groups is 1. The van der Waals surface area contributed by atoms with E-state index in [0.29, 0.717) is 24.0 Å². The van der Waals surface area contributed by atoms with E-state index >= 15 is 0 Å². The van der Waals surface area contributed by atoms with Crippen molar-refractivity contribution in [3.63, 3.8) is 0 Å². The Balaban J connectivity index is 1.69. The molecule has 0 aromatic rings. The number of hydrogen-bond acceptors (Lipinski definition) is 3. The smallest absolute Gasteiger partial charge is 0.150 e. The minimum absolute atomic E-state index is 0.345. The summed E-state index contributed by atoms with van der Waals surface area (Å²) < 4.78 is 28.2. The molecular formula is C13H22O3S. The first kappa shape index (κ1) is 12.9. The molecule has 1 saturated carbocycles. The summed E-state index contributed by atoms with van der Waals surface area (Å²) in [5, 5.41) is 0. The molecule has 1 saturated heterocycles. The predicted octanol–water partition coefficient (Wildman–Crippen LogP) is 2.68. The summed E-state index contributed by atoms with van der Waals surface area (Å²) in [5.41, 5.74) is 1.43. The Morgan fingerprint density at radius 1 is 1.12 bits per heavy atom. The van der Waals surface area contributed by atoms with Crippen molar-refractivity contribution >= 4 is 9.84 Å². The first-order chi connectivity index (χ1) is 8.16. The Hall–Kier alpha value is -0.510. The zero-order valence-electron chi connectivity index (χ0n) is 10.4. The first-order valence-electron chi connectivity index (χ1n) is 6.66. The van der Waals surface area contributed by atoms with Crippen molar-refractivity contribution in [2.75, 3.05) is 18.1 Å². The van der Waals surface area contributed by atoms with Gasteiger partial charge < -0.3 is 4.74 Å². The van der Waals surface area contributed by atoms with Gasteiger partial charge >= 0.3 is 0 Å². The second-order valence-electron chi connectivity index (χ2n) is 5.27. The summed E-state index contributed by atoms with van der Waals surface area (Å²) in [6.45, 7) is 0.693. The molecule has 0 radical (unpaired) electrons. The van der Waals surface area contributed by atoms with E-state index in [0.717, 1.165) is 12.8 Å². The van der Waals surface area contributed by atoms with Gasteiger partial charge in [0.15, 0.2) is 0 Å². The standard InChI is InChI=1S/C13H22O3S/c14-17(15)8-6-13(7-9-17)11-16-10-12-4-2-1-3-5-12/h10,13H,1-9,11H2. The molecule has 0 spiro atoms. The first-order valence-corrected chi connectivity index (χ1v) is 8.48. The summed E-state index contributed by atoms with van der Waals surface area (Å²) in [6.07, 6.45) is 9.75. The van der Waals surface area contributed by atoms with Crippen molar-refractivity contribution < 1.29 is 13.2 Å². The van der Waals surface area contributed by atoms with E-state index < -0.39 is 9.84 Å². The fourth-order valence-corrected chi connectivity index (χ4v) is 4.12. The van der Waals surface area contributed by atoms with Gasteiger partial charge in [0.25, 0.3) is 0 Å². The highest BCUT2D eigenvalue weighted by atomic mass is 32.2. The summed E-state index contributed by atoms with van der Waals surface area (Å²) >= 11 is 0. The van der Waals surface area contributed by atoms with E-state index in [1.165, 1.54) is 37.7 Å². The van der Waals surface area contributed by atoms with Gasteiger partial charge in [0.05, 0.1) is 24.4 Å². The van der Waals surface area contributed by atoms with Crippen LogP contribution in [0.15, 0.2) is 11.8 Å². The van der Waals surface area contributed by atoms with Crippen molar-refractivity contribution in [3.05, 3.63) is 11.8 Å². The number of ether oxygens (including phenoxy) is 1. The van der Waals surface area contributed by atoms with E-state index in [-0.39, 0.29) is 0 Å². The van der Waals surface area contributed by atoms with Crippen LogP contribution in [-0.2, 0) is 14.6 Å². The van der Waals surface area contributed by atoms with E-state index in [1.807, 2.05) is 6.26 Å². The third-order valence-corrected chi connectivity index (χ3v) is 5.47. The summed E-state index contributed by atoms with van der Waals surface area (Å²) in [4.78, 5) is 0. The molecule has 0 N–H and O–H groups in total. The van der Waals surface area contributed by atoms with E-state index in [4.69, 9.17) is 4.74 Å². The third-order valence-electron chi connectivity index (χ3n) is 3.75. The van der Waals surface area contributed by atoms with Crippen LogP contribution in [0.25, 0.3) is 0 Å². The summed E-state index contributed by atoms with van der Waals surface area (Å²) in [7, 11) is -2.73. The number of allylic oxidation sites excluding steroid dienone is 1. The Morgan fingerprint density at radius 2 is 1.76 bits per heavy atom. The Kier molecular flexibility index (Phi) is 4.48. The van der Waals surface area contributed by atoms with Crippen LogP contribution in [0, 0.1) is 5.92 Å². The second kappa shape index (κ2) is 5.89. The highest BCUT2D eigenvalue weighted by Gasteiger charge is 2.23. The maximum Gasteiger partial charge on any atom is 0.150 e. The van der Waals surface area contributed by atoms with Gasteiger partial charge in [-0.15, -0.1) is 0 Å². The minimum Gasteiger partial charge on any atom is -0.501 e. The molecule has 1 aliphatic carbocycles. The Morgan fingerprint density at radius 3 is 2.41 bits per heavy atom. The molecular weight excluding hydrogens is 236 g/mol. The molecule has 4 heteroatoms. The normalized spacial score (nSPS) is 25.5. The van der Waals surface area contributed by atoms with E-state index in [1.54, 1.807) is 0 Å². The highest BCUT2D eigenvalue weighted by molar-refractivity contribution is 7.91.